The molecule has 0 amide bonds. The summed E-state index contributed by atoms with van der Waals surface area (Å²) in [6.45, 7) is 14.5. The van der Waals surface area contributed by atoms with E-state index in [1.807, 2.05) is 0 Å². The average molecular weight is 219 g/mol. The zero-order chi connectivity index (χ0) is 12.3. The molecule has 1 atom stereocenters. The van der Waals surface area contributed by atoms with Crippen molar-refractivity contribution in [2.45, 2.75) is 47.6 Å². The first-order valence-corrected chi connectivity index (χ1v) is 6.17. The molecule has 1 N–H and O–H groups in total. The third kappa shape index (κ3) is 2.85. The first kappa shape index (κ1) is 13.2. The van der Waals surface area contributed by atoms with Crippen molar-refractivity contribution in [1.82, 2.24) is 5.32 Å². The van der Waals surface area contributed by atoms with E-state index < -0.39 is 0 Å². The van der Waals surface area contributed by atoms with Crippen LogP contribution in [0.2, 0.25) is 0 Å². The predicted octanol–water partition coefficient (Wildman–Crippen LogP) is 4.00. The minimum Gasteiger partial charge on any atom is -0.310 e. The number of benzene rings is 1. The van der Waals surface area contributed by atoms with E-state index in [2.05, 4.69) is 65.1 Å². The lowest BCUT2D eigenvalue weighted by atomic mass is 9.80. The summed E-state index contributed by atoms with van der Waals surface area (Å²) in [5.41, 5.74) is 4.48. The van der Waals surface area contributed by atoms with Gasteiger partial charge in [0.25, 0.3) is 0 Å². The molecule has 1 nitrogen and oxygen atoms in total. The fourth-order valence-electron chi connectivity index (χ4n) is 2.17. The van der Waals surface area contributed by atoms with E-state index in [0.29, 0.717) is 6.04 Å². The Hall–Kier alpha value is -0.820. The Balaban J connectivity index is 3.16. The minimum atomic E-state index is 0.245. The van der Waals surface area contributed by atoms with Gasteiger partial charge in [-0.3, -0.25) is 0 Å². The normalized spacial score (nSPS) is 13.9. The molecule has 0 fully saturated rings. The Morgan fingerprint density at radius 1 is 1.19 bits per heavy atom. The molecule has 1 aromatic rings. The highest BCUT2D eigenvalue weighted by Crippen LogP contribution is 2.34. The summed E-state index contributed by atoms with van der Waals surface area (Å²) >= 11 is 0. The zero-order valence-electron chi connectivity index (χ0n) is 11.5. The molecular formula is C15H25N. The Bertz CT molecular complexity index is 347. The molecule has 1 rings (SSSR count). The average Bonchev–Trinajstić information content (AvgIpc) is 2.18. The van der Waals surface area contributed by atoms with Crippen molar-refractivity contribution >= 4 is 0 Å². The van der Waals surface area contributed by atoms with Gasteiger partial charge in [0.2, 0.25) is 0 Å². The summed E-state index contributed by atoms with van der Waals surface area (Å²) in [6, 6.07) is 7.02. The van der Waals surface area contributed by atoms with E-state index in [-0.39, 0.29) is 5.41 Å². The molecule has 0 aliphatic carbocycles. The van der Waals surface area contributed by atoms with Crippen LogP contribution in [0.3, 0.4) is 0 Å². The molecule has 1 unspecified atom stereocenters. The molecule has 0 aliphatic heterocycles. The van der Waals surface area contributed by atoms with Gasteiger partial charge in [0.15, 0.2) is 0 Å². The number of hydrogen-bond donors (Lipinski definition) is 1. The topological polar surface area (TPSA) is 12.0 Å². The number of rotatable bonds is 3. The van der Waals surface area contributed by atoms with Crippen LogP contribution in [-0.2, 0) is 0 Å². The standard InChI is InChI=1S/C15H25N/c1-7-16-14(15(4,5)6)13-10-8-9-11(2)12(13)3/h8-10,14,16H,7H2,1-6H3. The van der Waals surface area contributed by atoms with E-state index in [1.165, 1.54) is 16.7 Å². The quantitative estimate of drug-likeness (QED) is 0.810. The van der Waals surface area contributed by atoms with E-state index in [0.717, 1.165) is 6.54 Å². The number of aryl methyl sites for hydroxylation is 1. The van der Waals surface area contributed by atoms with Crippen molar-refractivity contribution in [2.24, 2.45) is 5.41 Å². The Labute approximate surface area is 100 Å². The largest absolute Gasteiger partial charge is 0.310 e. The Morgan fingerprint density at radius 2 is 1.81 bits per heavy atom. The molecule has 90 valence electrons. The third-order valence-electron chi connectivity index (χ3n) is 3.23. The van der Waals surface area contributed by atoms with Gasteiger partial charge in [0.1, 0.15) is 0 Å². The van der Waals surface area contributed by atoms with E-state index in [4.69, 9.17) is 0 Å². The van der Waals surface area contributed by atoms with Crippen LogP contribution in [0, 0.1) is 19.3 Å². The van der Waals surface area contributed by atoms with Crippen LogP contribution < -0.4 is 5.32 Å². The van der Waals surface area contributed by atoms with Gasteiger partial charge in [-0.2, -0.15) is 0 Å². The van der Waals surface area contributed by atoms with E-state index in [1.54, 1.807) is 0 Å². The smallest absolute Gasteiger partial charge is 0.0371 e. The Kier molecular flexibility index (Phi) is 4.15. The lowest BCUT2D eigenvalue weighted by molar-refractivity contribution is 0.276. The summed E-state index contributed by atoms with van der Waals surface area (Å²) in [5.74, 6) is 0. The zero-order valence-corrected chi connectivity index (χ0v) is 11.5. The van der Waals surface area contributed by atoms with Gasteiger partial charge >= 0.3 is 0 Å². The van der Waals surface area contributed by atoms with Crippen LogP contribution in [-0.4, -0.2) is 6.54 Å². The summed E-state index contributed by atoms with van der Waals surface area (Å²) in [7, 11) is 0. The second-order valence-electron chi connectivity index (χ2n) is 5.65. The van der Waals surface area contributed by atoms with Gasteiger partial charge in [0.05, 0.1) is 0 Å². The van der Waals surface area contributed by atoms with Crippen molar-refractivity contribution in [1.29, 1.82) is 0 Å². The van der Waals surface area contributed by atoms with E-state index >= 15 is 0 Å². The molecule has 1 aromatic carbocycles. The second kappa shape index (κ2) is 5.01. The minimum absolute atomic E-state index is 0.245. The molecule has 0 saturated heterocycles. The van der Waals surface area contributed by atoms with Crippen molar-refractivity contribution in [3.8, 4) is 0 Å². The van der Waals surface area contributed by atoms with Crippen LogP contribution >= 0.6 is 0 Å². The predicted molar refractivity (Wildman–Crippen MR) is 71.8 cm³/mol. The van der Waals surface area contributed by atoms with Crippen molar-refractivity contribution < 1.29 is 0 Å². The number of hydrogen-bond acceptors (Lipinski definition) is 1. The van der Waals surface area contributed by atoms with Gasteiger partial charge in [0, 0.05) is 6.04 Å². The molecule has 0 saturated carbocycles. The summed E-state index contributed by atoms with van der Waals surface area (Å²) < 4.78 is 0. The first-order valence-electron chi connectivity index (χ1n) is 6.17. The summed E-state index contributed by atoms with van der Waals surface area (Å²) in [5, 5.41) is 3.61. The van der Waals surface area contributed by atoms with Gasteiger partial charge in [-0.1, -0.05) is 45.9 Å². The van der Waals surface area contributed by atoms with Crippen LogP contribution in [0.4, 0.5) is 0 Å². The molecule has 0 heterocycles. The van der Waals surface area contributed by atoms with Gasteiger partial charge in [-0.25, -0.2) is 0 Å². The third-order valence-corrected chi connectivity index (χ3v) is 3.23. The maximum atomic E-state index is 3.61. The molecule has 0 aliphatic rings. The fraction of sp³-hybridized carbons (Fsp3) is 0.600. The lowest BCUT2D eigenvalue weighted by Gasteiger charge is -2.33. The molecule has 16 heavy (non-hydrogen) atoms. The highest BCUT2D eigenvalue weighted by atomic mass is 14.9. The van der Waals surface area contributed by atoms with Gasteiger partial charge in [-0.15, -0.1) is 0 Å². The highest BCUT2D eigenvalue weighted by molar-refractivity contribution is 5.36. The van der Waals surface area contributed by atoms with Crippen molar-refractivity contribution in [3.63, 3.8) is 0 Å². The highest BCUT2D eigenvalue weighted by Gasteiger charge is 2.26. The molecule has 0 bridgehead atoms. The summed E-state index contributed by atoms with van der Waals surface area (Å²) in [4.78, 5) is 0. The molecule has 0 radical (unpaired) electrons. The van der Waals surface area contributed by atoms with Gasteiger partial charge in [-0.05, 0) is 42.5 Å². The van der Waals surface area contributed by atoms with Crippen LogP contribution in [0.15, 0.2) is 18.2 Å². The maximum Gasteiger partial charge on any atom is 0.0371 e. The second-order valence-corrected chi connectivity index (χ2v) is 5.65. The van der Waals surface area contributed by atoms with Crippen molar-refractivity contribution in [3.05, 3.63) is 34.9 Å². The molecule has 1 heteroatoms. The monoisotopic (exact) mass is 219 g/mol. The Morgan fingerprint density at radius 3 is 2.31 bits per heavy atom. The van der Waals surface area contributed by atoms with Crippen LogP contribution in [0.5, 0.6) is 0 Å². The van der Waals surface area contributed by atoms with Crippen molar-refractivity contribution in [2.75, 3.05) is 6.54 Å². The maximum absolute atomic E-state index is 3.61. The number of nitrogens with one attached hydrogen (secondary N) is 1. The van der Waals surface area contributed by atoms with E-state index in [9.17, 15) is 0 Å². The first-order chi connectivity index (χ1) is 7.38. The SMILES string of the molecule is CCNC(c1cccc(C)c1C)C(C)(C)C. The summed E-state index contributed by atoms with van der Waals surface area (Å²) in [6.07, 6.45) is 0. The molecule has 0 aromatic heterocycles. The molecular weight excluding hydrogens is 194 g/mol. The van der Waals surface area contributed by atoms with Gasteiger partial charge < -0.3 is 5.32 Å². The van der Waals surface area contributed by atoms with Crippen LogP contribution in [0.25, 0.3) is 0 Å². The van der Waals surface area contributed by atoms with Crippen LogP contribution in [0.1, 0.15) is 50.4 Å². The lowest BCUT2D eigenvalue weighted by Crippen LogP contribution is -2.32. The molecule has 0 spiro atoms. The fourth-order valence-corrected chi connectivity index (χ4v) is 2.17.